The molecule has 0 saturated carbocycles. The maximum Gasteiger partial charge on any atom is 0.317 e. The Hall–Kier alpha value is -1.88. The van der Waals surface area contributed by atoms with Gasteiger partial charge in [-0.05, 0) is 13.0 Å². The van der Waals surface area contributed by atoms with E-state index in [1.807, 2.05) is 36.1 Å². The summed E-state index contributed by atoms with van der Waals surface area (Å²) in [7, 11) is 0. The van der Waals surface area contributed by atoms with Crippen LogP contribution in [-0.4, -0.2) is 60.4 Å². The van der Waals surface area contributed by atoms with Crippen molar-refractivity contribution in [2.24, 2.45) is 0 Å². The number of nitrogens with zero attached hydrogens (tertiary/aromatic N) is 2. The molecule has 2 heterocycles. The van der Waals surface area contributed by atoms with Crippen molar-refractivity contribution in [1.29, 1.82) is 0 Å². The Morgan fingerprint density at radius 2 is 2.25 bits per heavy atom. The maximum atomic E-state index is 12.3. The maximum absolute atomic E-state index is 12.3. The highest BCUT2D eigenvalue weighted by atomic mass is 16.2. The number of fused-ring (bicyclic) bond motifs is 1. The fourth-order valence-corrected chi connectivity index (χ4v) is 2.92. The number of nitrogens with one attached hydrogen (secondary N) is 1. The summed E-state index contributed by atoms with van der Waals surface area (Å²) < 4.78 is 0. The smallest absolute Gasteiger partial charge is 0.317 e. The Kier molecular flexibility index (Phi) is 3.44. The second-order valence-electron chi connectivity index (χ2n) is 5.56. The summed E-state index contributed by atoms with van der Waals surface area (Å²) in [5.41, 5.74) is 1.87. The van der Waals surface area contributed by atoms with Crippen LogP contribution in [0.4, 0.5) is 4.79 Å². The molecular formula is C15H19N3O2. The second-order valence-corrected chi connectivity index (χ2v) is 5.56. The van der Waals surface area contributed by atoms with Gasteiger partial charge in [0.25, 0.3) is 0 Å². The molecule has 2 amide bonds. The number of hydrogen-bond donors (Lipinski definition) is 1. The molecule has 1 unspecified atom stereocenters. The summed E-state index contributed by atoms with van der Waals surface area (Å²) in [6, 6.07) is 7.94. The van der Waals surface area contributed by atoms with Crippen molar-refractivity contribution in [2.75, 3.05) is 32.7 Å². The van der Waals surface area contributed by atoms with Crippen LogP contribution in [0.1, 0.15) is 15.9 Å². The van der Waals surface area contributed by atoms with Crippen LogP contribution in [0.15, 0.2) is 24.3 Å². The molecule has 0 bridgehead atoms. The van der Waals surface area contributed by atoms with Crippen LogP contribution < -0.4 is 5.32 Å². The summed E-state index contributed by atoms with van der Waals surface area (Å²) in [4.78, 5) is 27.8. The first-order valence-electron chi connectivity index (χ1n) is 7.00. The van der Waals surface area contributed by atoms with Crippen molar-refractivity contribution in [3.63, 3.8) is 0 Å². The predicted molar refractivity (Wildman–Crippen MR) is 75.8 cm³/mol. The highest BCUT2D eigenvalue weighted by Crippen LogP contribution is 2.15. The van der Waals surface area contributed by atoms with Crippen molar-refractivity contribution in [1.82, 2.24) is 15.1 Å². The average molecular weight is 273 g/mol. The molecule has 2 aliphatic rings. The van der Waals surface area contributed by atoms with Gasteiger partial charge in [0.05, 0.1) is 12.6 Å². The summed E-state index contributed by atoms with van der Waals surface area (Å²) in [5, 5.41) is 2.85. The molecule has 5 heteroatoms. The van der Waals surface area contributed by atoms with Crippen LogP contribution in [-0.2, 0) is 0 Å². The SMILES string of the molecule is Cc1cccc(C(=O)CN2CCN3C(=O)NCC3C2)c1. The third-order valence-corrected chi connectivity index (χ3v) is 4.02. The number of piperazine rings is 1. The summed E-state index contributed by atoms with van der Waals surface area (Å²) in [6.07, 6.45) is 0. The van der Waals surface area contributed by atoms with Crippen molar-refractivity contribution in [3.8, 4) is 0 Å². The van der Waals surface area contributed by atoms with E-state index in [0.29, 0.717) is 19.6 Å². The fraction of sp³-hybridized carbons (Fsp3) is 0.467. The third-order valence-electron chi connectivity index (χ3n) is 4.02. The van der Waals surface area contributed by atoms with E-state index in [4.69, 9.17) is 0 Å². The zero-order valence-electron chi connectivity index (χ0n) is 11.6. The van der Waals surface area contributed by atoms with E-state index in [9.17, 15) is 9.59 Å². The number of amides is 2. The van der Waals surface area contributed by atoms with Crippen LogP contribution in [0.5, 0.6) is 0 Å². The summed E-state index contributed by atoms with van der Waals surface area (Å²) >= 11 is 0. The van der Waals surface area contributed by atoms with Crippen LogP contribution in [0.2, 0.25) is 0 Å². The van der Waals surface area contributed by atoms with E-state index in [1.165, 1.54) is 0 Å². The molecule has 1 aromatic rings. The Morgan fingerprint density at radius 1 is 1.40 bits per heavy atom. The zero-order valence-corrected chi connectivity index (χ0v) is 11.6. The normalized spacial score (nSPS) is 22.6. The molecule has 2 saturated heterocycles. The number of carbonyl (C=O) groups excluding carboxylic acids is 2. The first-order valence-corrected chi connectivity index (χ1v) is 7.00. The first kappa shape index (κ1) is 13.1. The quantitative estimate of drug-likeness (QED) is 0.832. The largest absolute Gasteiger partial charge is 0.336 e. The van der Waals surface area contributed by atoms with Crippen LogP contribution in [0, 0.1) is 6.92 Å². The minimum Gasteiger partial charge on any atom is -0.336 e. The van der Waals surface area contributed by atoms with Gasteiger partial charge in [0.2, 0.25) is 0 Å². The van der Waals surface area contributed by atoms with E-state index in [2.05, 4.69) is 10.2 Å². The van der Waals surface area contributed by atoms with Gasteiger partial charge in [0.1, 0.15) is 0 Å². The van der Waals surface area contributed by atoms with E-state index in [1.54, 1.807) is 0 Å². The molecule has 2 aliphatic heterocycles. The van der Waals surface area contributed by atoms with Gasteiger partial charge >= 0.3 is 6.03 Å². The van der Waals surface area contributed by atoms with Gasteiger partial charge in [-0.25, -0.2) is 4.79 Å². The Labute approximate surface area is 118 Å². The fourth-order valence-electron chi connectivity index (χ4n) is 2.92. The molecule has 1 atom stereocenters. The highest BCUT2D eigenvalue weighted by Gasteiger charge is 2.35. The van der Waals surface area contributed by atoms with Gasteiger partial charge in [-0.1, -0.05) is 23.8 Å². The number of urea groups is 1. The van der Waals surface area contributed by atoms with E-state index in [-0.39, 0.29) is 17.9 Å². The van der Waals surface area contributed by atoms with Gasteiger partial charge in [-0.15, -0.1) is 0 Å². The van der Waals surface area contributed by atoms with Gasteiger partial charge in [-0.2, -0.15) is 0 Å². The molecule has 0 aromatic heterocycles. The Bertz CT molecular complexity index is 544. The number of benzene rings is 1. The lowest BCUT2D eigenvalue weighted by molar-refractivity contribution is 0.0838. The third kappa shape index (κ3) is 2.54. The van der Waals surface area contributed by atoms with E-state index < -0.39 is 0 Å². The van der Waals surface area contributed by atoms with Crippen molar-refractivity contribution in [2.45, 2.75) is 13.0 Å². The minimum atomic E-state index is 0.0275. The topological polar surface area (TPSA) is 52.7 Å². The lowest BCUT2D eigenvalue weighted by Gasteiger charge is -2.35. The van der Waals surface area contributed by atoms with Crippen LogP contribution >= 0.6 is 0 Å². The molecular weight excluding hydrogens is 254 g/mol. The molecule has 0 radical (unpaired) electrons. The van der Waals surface area contributed by atoms with Crippen LogP contribution in [0.25, 0.3) is 0 Å². The Balaban J connectivity index is 1.61. The lowest BCUT2D eigenvalue weighted by Crippen LogP contribution is -2.53. The molecule has 106 valence electrons. The van der Waals surface area contributed by atoms with Crippen molar-refractivity contribution < 1.29 is 9.59 Å². The molecule has 5 nitrogen and oxygen atoms in total. The number of hydrogen-bond acceptors (Lipinski definition) is 3. The predicted octanol–water partition coefficient (Wildman–Crippen LogP) is 0.887. The monoisotopic (exact) mass is 273 g/mol. The summed E-state index contributed by atoms with van der Waals surface area (Å²) in [5.74, 6) is 0.152. The highest BCUT2D eigenvalue weighted by molar-refractivity contribution is 5.97. The number of rotatable bonds is 3. The van der Waals surface area contributed by atoms with E-state index in [0.717, 1.165) is 24.2 Å². The van der Waals surface area contributed by atoms with Gasteiger partial charge in [0, 0.05) is 31.7 Å². The average Bonchev–Trinajstić information content (AvgIpc) is 2.80. The molecule has 3 rings (SSSR count). The van der Waals surface area contributed by atoms with Gasteiger partial charge < -0.3 is 10.2 Å². The van der Waals surface area contributed by atoms with Crippen molar-refractivity contribution >= 4 is 11.8 Å². The molecule has 1 N–H and O–H groups in total. The number of ketones is 1. The minimum absolute atomic E-state index is 0.0275. The van der Waals surface area contributed by atoms with Gasteiger partial charge in [-0.3, -0.25) is 9.69 Å². The molecule has 0 aliphatic carbocycles. The zero-order chi connectivity index (χ0) is 14.1. The van der Waals surface area contributed by atoms with Crippen LogP contribution in [0.3, 0.4) is 0 Å². The molecule has 2 fully saturated rings. The van der Waals surface area contributed by atoms with Gasteiger partial charge in [0.15, 0.2) is 5.78 Å². The standard InChI is InChI=1S/C15H19N3O2/c1-11-3-2-4-12(7-11)14(19)10-17-5-6-18-13(9-17)8-16-15(18)20/h2-4,7,13H,5-6,8-10H2,1H3,(H,16,20). The molecule has 0 spiro atoms. The molecule has 1 aromatic carbocycles. The van der Waals surface area contributed by atoms with E-state index >= 15 is 0 Å². The first-order chi connectivity index (χ1) is 9.63. The Morgan fingerprint density at radius 3 is 3.05 bits per heavy atom. The lowest BCUT2D eigenvalue weighted by atomic mass is 10.1. The summed E-state index contributed by atoms with van der Waals surface area (Å²) in [6.45, 7) is 5.36. The molecule has 20 heavy (non-hydrogen) atoms. The second kappa shape index (κ2) is 5.25. The van der Waals surface area contributed by atoms with Crippen molar-refractivity contribution in [3.05, 3.63) is 35.4 Å². The number of carbonyl (C=O) groups is 2. The number of aryl methyl sites for hydroxylation is 1. The number of Topliss-reactive ketones (excluding diaryl/α,β-unsaturated/α-hetero) is 1.